The van der Waals surface area contributed by atoms with Crippen molar-refractivity contribution in [1.29, 1.82) is 0 Å². The van der Waals surface area contributed by atoms with Crippen molar-refractivity contribution in [3.8, 4) is 0 Å². The molecular weight excluding hydrogens is 164 g/mol. The van der Waals surface area contributed by atoms with E-state index in [-0.39, 0.29) is 0 Å². The minimum Gasteiger partial charge on any atom is -0.393 e. The third-order valence-electron chi connectivity index (χ3n) is 0.992. The smallest absolute Gasteiger partial charge is 0.0995 e. The molecule has 0 aromatic carbocycles. The van der Waals surface area contributed by atoms with Crippen molar-refractivity contribution in [2.24, 2.45) is 5.73 Å². The number of aryl methyl sites for hydroxylation is 1. The number of nitrogens with two attached hydrogens (primary N) is 1. The largest absolute Gasteiger partial charge is 0.393 e. The fourth-order valence-corrected chi connectivity index (χ4v) is 1.66. The van der Waals surface area contributed by atoms with Gasteiger partial charge in [0.25, 0.3) is 0 Å². The lowest BCUT2D eigenvalue weighted by Gasteiger charge is -1.89. The molecule has 0 amide bonds. The summed E-state index contributed by atoms with van der Waals surface area (Å²) in [6, 6.07) is 0. The Morgan fingerprint density at radius 3 is 3.00 bits per heavy atom. The average Bonchev–Trinajstić information content (AvgIpc) is 2.13. The van der Waals surface area contributed by atoms with Gasteiger partial charge in [-0.15, -0.1) is 11.3 Å². The van der Waals surface area contributed by atoms with Crippen LogP contribution in [0.1, 0.15) is 10.7 Å². The highest BCUT2D eigenvalue weighted by molar-refractivity contribution is 7.80. The topological polar surface area (TPSA) is 38.9 Å². The highest BCUT2D eigenvalue weighted by Gasteiger charge is 1.98. The van der Waals surface area contributed by atoms with Gasteiger partial charge in [0.05, 0.1) is 10.00 Å². The maximum Gasteiger partial charge on any atom is 0.0995 e. The summed E-state index contributed by atoms with van der Waals surface area (Å²) in [6.45, 7) is 1.96. The summed E-state index contributed by atoms with van der Waals surface area (Å²) in [4.78, 5) is 4.71. The van der Waals surface area contributed by atoms with Crippen LogP contribution in [0.2, 0.25) is 0 Å². The molecule has 0 aliphatic carbocycles. The molecule has 4 heteroatoms. The van der Waals surface area contributed by atoms with Crippen molar-refractivity contribution in [3.05, 3.63) is 16.1 Å². The van der Waals surface area contributed by atoms with Gasteiger partial charge in [-0.05, 0) is 6.92 Å². The Kier molecular flexibility index (Phi) is 2.34. The van der Waals surface area contributed by atoms with Crippen LogP contribution in [0.5, 0.6) is 0 Å². The zero-order valence-electron chi connectivity index (χ0n) is 5.63. The lowest BCUT2D eigenvalue weighted by atomic mass is 10.4. The molecule has 2 N–H and O–H groups in total. The molecule has 0 saturated carbocycles. The van der Waals surface area contributed by atoms with Gasteiger partial charge in [-0.2, -0.15) is 0 Å². The Hall–Kier alpha value is -0.480. The molecule has 0 aliphatic rings. The Bertz CT molecular complexity index is 242. The molecule has 1 aromatic heterocycles. The zero-order valence-corrected chi connectivity index (χ0v) is 7.26. The zero-order chi connectivity index (χ0) is 7.56. The van der Waals surface area contributed by atoms with Crippen LogP contribution in [0.4, 0.5) is 0 Å². The van der Waals surface area contributed by atoms with Gasteiger partial charge in [0, 0.05) is 17.5 Å². The molecule has 10 heavy (non-hydrogen) atoms. The number of thiocarbonyl (C=S) groups is 1. The van der Waals surface area contributed by atoms with Gasteiger partial charge in [0.1, 0.15) is 0 Å². The summed E-state index contributed by atoms with van der Waals surface area (Å²) in [5.41, 5.74) is 6.37. The second-order valence-corrected chi connectivity index (χ2v) is 3.49. The summed E-state index contributed by atoms with van der Waals surface area (Å²) in [6.07, 6.45) is 0.633. The fraction of sp³-hybridized carbons (Fsp3) is 0.333. The minimum atomic E-state index is 0.509. The monoisotopic (exact) mass is 172 g/mol. The number of hydrogen-bond acceptors (Lipinski definition) is 3. The quantitative estimate of drug-likeness (QED) is 0.683. The standard InChI is InChI=1S/C6H8N2S2/c1-4-3-10-6(8-4)2-5(7)9/h3H,2H2,1H3,(H2,7,9). The Labute approximate surface area is 69.1 Å². The molecule has 1 heterocycles. The molecule has 0 atom stereocenters. The molecule has 0 saturated heterocycles. The van der Waals surface area contributed by atoms with Gasteiger partial charge in [-0.1, -0.05) is 12.2 Å². The highest BCUT2D eigenvalue weighted by Crippen LogP contribution is 2.08. The van der Waals surface area contributed by atoms with Crippen LogP contribution in [0.3, 0.4) is 0 Å². The van der Waals surface area contributed by atoms with Gasteiger partial charge in [-0.25, -0.2) is 4.98 Å². The van der Waals surface area contributed by atoms with Gasteiger partial charge < -0.3 is 5.73 Å². The first kappa shape index (κ1) is 7.63. The van der Waals surface area contributed by atoms with Crippen LogP contribution in [-0.4, -0.2) is 9.97 Å². The molecular formula is C6H8N2S2. The van der Waals surface area contributed by atoms with Crippen LogP contribution in [0.15, 0.2) is 5.38 Å². The Morgan fingerprint density at radius 1 is 1.90 bits per heavy atom. The predicted octanol–water partition coefficient (Wildman–Crippen LogP) is 1.28. The maximum atomic E-state index is 5.33. The number of aromatic nitrogens is 1. The summed E-state index contributed by atoms with van der Waals surface area (Å²) >= 11 is 6.33. The van der Waals surface area contributed by atoms with Crippen molar-refractivity contribution in [1.82, 2.24) is 4.98 Å². The SMILES string of the molecule is Cc1csc(CC(N)=S)n1. The van der Waals surface area contributed by atoms with Crippen LogP contribution in [0.25, 0.3) is 0 Å². The predicted molar refractivity (Wildman–Crippen MR) is 47.3 cm³/mol. The van der Waals surface area contributed by atoms with Crippen LogP contribution < -0.4 is 5.73 Å². The van der Waals surface area contributed by atoms with Crippen molar-refractivity contribution in [3.63, 3.8) is 0 Å². The van der Waals surface area contributed by atoms with E-state index in [4.69, 9.17) is 18.0 Å². The number of thiazole rings is 1. The molecule has 0 spiro atoms. The Morgan fingerprint density at radius 2 is 2.60 bits per heavy atom. The van der Waals surface area contributed by atoms with Crippen LogP contribution in [-0.2, 0) is 6.42 Å². The fourth-order valence-electron chi connectivity index (χ4n) is 0.633. The first-order valence-corrected chi connectivity index (χ1v) is 4.16. The lowest BCUT2D eigenvalue weighted by Crippen LogP contribution is -2.10. The van der Waals surface area contributed by atoms with E-state index in [1.807, 2.05) is 12.3 Å². The average molecular weight is 172 g/mol. The second-order valence-electron chi connectivity index (χ2n) is 2.03. The molecule has 1 aromatic rings. The number of nitrogens with zero attached hydrogens (tertiary/aromatic N) is 1. The van der Waals surface area contributed by atoms with Crippen molar-refractivity contribution < 1.29 is 0 Å². The number of hydrogen-bond donors (Lipinski definition) is 1. The Balaban J connectivity index is 2.67. The van der Waals surface area contributed by atoms with E-state index < -0.39 is 0 Å². The summed E-state index contributed by atoms with van der Waals surface area (Å²) < 4.78 is 0. The molecule has 0 aliphatic heterocycles. The first-order valence-electron chi connectivity index (χ1n) is 2.88. The van der Waals surface area contributed by atoms with E-state index >= 15 is 0 Å². The van der Waals surface area contributed by atoms with E-state index in [0.717, 1.165) is 10.7 Å². The summed E-state index contributed by atoms with van der Waals surface area (Å²) in [5.74, 6) is 0. The molecule has 0 bridgehead atoms. The van der Waals surface area contributed by atoms with E-state index in [0.29, 0.717) is 11.4 Å². The molecule has 2 nitrogen and oxygen atoms in total. The van der Waals surface area contributed by atoms with Crippen molar-refractivity contribution in [2.45, 2.75) is 13.3 Å². The highest BCUT2D eigenvalue weighted by atomic mass is 32.1. The van der Waals surface area contributed by atoms with Crippen LogP contribution in [0, 0.1) is 6.92 Å². The normalized spacial score (nSPS) is 9.70. The van der Waals surface area contributed by atoms with Gasteiger partial charge in [0.15, 0.2) is 0 Å². The molecule has 0 radical (unpaired) electrons. The third-order valence-corrected chi connectivity index (χ3v) is 2.10. The van der Waals surface area contributed by atoms with Gasteiger partial charge in [0.2, 0.25) is 0 Å². The molecule has 1 rings (SSSR count). The summed E-state index contributed by atoms with van der Waals surface area (Å²) in [7, 11) is 0. The minimum absolute atomic E-state index is 0.509. The van der Waals surface area contributed by atoms with E-state index in [2.05, 4.69) is 4.98 Å². The van der Waals surface area contributed by atoms with E-state index in [1.54, 1.807) is 11.3 Å². The van der Waals surface area contributed by atoms with E-state index in [9.17, 15) is 0 Å². The van der Waals surface area contributed by atoms with Crippen molar-refractivity contribution >= 4 is 28.5 Å². The van der Waals surface area contributed by atoms with Gasteiger partial charge >= 0.3 is 0 Å². The van der Waals surface area contributed by atoms with Crippen molar-refractivity contribution in [2.75, 3.05) is 0 Å². The third kappa shape index (κ3) is 2.04. The molecule has 0 fully saturated rings. The van der Waals surface area contributed by atoms with E-state index in [1.165, 1.54) is 0 Å². The first-order chi connectivity index (χ1) is 4.68. The lowest BCUT2D eigenvalue weighted by molar-refractivity contribution is 1.16. The maximum absolute atomic E-state index is 5.33. The molecule has 54 valence electrons. The van der Waals surface area contributed by atoms with Crippen LogP contribution >= 0.6 is 23.6 Å². The second kappa shape index (κ2) is 3.07. The number of rotatable bonds is 2. The summed E-state index contributed by atoms with van der Waals surface area (Å²) in [5, 5.41) is 3.00. The van der Waals surface area contributed by atoms with Gasteiger partial charge in [-0.3, -0.25) is 0 Å². The molecule has 0 unspecified atom stereocenters.